The Morgan fingerprint density at radius 3 is 2.68 bits per heavy atom. The summed E-state index contributed by atoms with van der Waals surface area (Å²) in [6.45, 7) is 2.60. The fourth-order valence-electron chi connectivity index (χ4n) is 1.94. The number of aryl methyl sites for hydroxylation is 1. The van der Waals surface area contributed by atoms with Crippen LogP contribution in [0.1, 0.15) is 22.7 Å². The number of nitrogens with one attached hydrogen (secondary N) is 1. The molecule has 1 atom stereocenters. The van der Waals surface area contributed by atoms with Gasteiger partial charge in [0.25, 0.3) is 0 Å². The van der Waals surface area contributed by atoms with Crippen LogP contribution in [-0.4, -0.2) is 0 Å². The van der Waals surface area contributed by atoms with Crippen molar-refractivity contribution in [2.75, 3.05) is 0 Å². The molecule has 2 aromatic carbocycles. The maximum atomic E-state index is 9.27. The van der Waals surface area contributed by atoms with Crippen molar-refractivity contribution in [3.05, 3.63) is 70.2 Å². The van der Waals surface area contributed by atoms with E-state index in [9.17, 15) is 5.26 Å². The zero-order valence-corrected chi connectivity index (χ0v) is 11.5. The van der Waals surface area contributed by atoms with Gasteiger partial charge in [0, 0.05) is 11.6 Å². The minimum Gasteiger partial charge on any atom is -0.294 e. The molecule has 0 spiro atoms. The first-order valence-electron chi connectivity index (χ1n) is 6.13. The van der Waals surface area contributed by atoms with E-state index < -0.39 is 0 Å². The van der Waals surface area contributed by atoms with Crippen LogP contribution < -0.4 is 5.32 Å². The van der Waals surface area contributed by atoms with E-state index in [-0.39, 0.29) is 6.04 Å². The second kappa shape index (κ2) is 6.38. The Labute approximate surface area is 118 Å². The lowest BCUT2D eigenvalue weighted by atomic mass is 10.1. The van der Waals surface area contributed by atoms with Gasteiger partial charge in [0.05, 0.1) is 6.07 Å². The average Bonchev–Trinajstić information content (AvgIpc) is 2.41. The highest BCUT2D eigenvalue weighted by molar-refractivity contribution is 6.31. The minimum absolute atomic E-state index is 0.323. The van der Waals surface area contributed by atoms with Crippen LogP contribution in [0.15, 0.2) is 48.5 Å². The number of nitriles is 1. The smallest absolute Gasteiger partial charge is 0.121 e. The molecule has 19 heavy (non-hydrogen) atoms. The van der Waals surface area contributed by atoms with Gasteiger partial charge in [0.2, 0.25) is 0 Å². The van der Waals surface area contributed by atoms with Crippen LogP contribution >= 0.6 is 11.6 Å². The van der Waals surface area contributed by atoms with E-state index in [1.807, 2.05) is 55.5 Å². The molecule has 0 amide bonds. The molecule has 0 bridgehead atoms. The predicted octanol–water partition coefficient (Wildman–Crippen LogP) is 4.00. The lowest BCUT2D eigenvalue weighted by Crippen LogP contribution is -2.19. The summed E-state index contributed by atoms with van der Waals surface area (Å²) in [5.74, 6) is 0. The molecule has 2 aromatic rings. The van der Waals surface area contributed by atoms with E-state index in [1.165, 1.54) is 0 Å². The van der Waals surface area contributed by atoms with Crippen LogP contribution in [0.5, 0.6) is 0 Å². The molecule has 0 fully saturated rings. The van der Waals surface area contributed by atoms with Gasteiger partial charge in [-0.1, -0.05) is 59.6 Å². The van der Waals surface area contributed by atoms with Crippen molar-refractivity contribution in [2.24, 2.45) is 0 Å². The molecule has 0 aliphatic carbocycles. The maximum Gasteiger partial charge on any atom is 0.121 e. The number of nitrogens with zero attached hydrogens (tertiary/aromatic N) is 1. The van der Waals surface area contributed by atoms with Crippen molar-refractivity contribution in [1.29, 1.82) is 5.26 Å². The summed E-state index contributed by atoms with van der Waals surface area (Å²) in [4.78, 5) is 0. The van der Waals surface area contributed by atoms with Crippen molar-refractivity contribution < 1.29 is 0 Å². The number of halogens is 1. The predicted molar refractivity (Wildman–Crippen MR) is 77.8 cm³/mol. The molecule has 0 saturated carbocycles. The van der Waals surface area contributed by atoms with Gasteiger partial charge in [-0.2, -0.15) is 5.26 Å². The van der Waals surface area contributed by atoms with Crippen LogP contribution in [0.3, 0.4) is 0 Å². The lowest BCUT2D eigenvalue weighted by Gasteiger charge is -2.13. The first kappa shape index (κ1) is 13.6. The lowest BCUT2D eigenvalue weighted by molar-refractivity contribution is 0.630. The summed E-state index contributed by atoms with van der Waals surface area (Å²) in [6.07, 6.45) is 0. The number of rotatable bonds is 4. The summed E-state index contributed by atoms with van der Waals surface area (Å²) in [6, 6.07) is 17.6. The van der Waals surface area contributed by atoms with Crippen LogP contribution in [0.2, 0.25) is 5.02 Å². The third kappa shape index (κ3) is 3.57. The van der Waals surface area contributed by atoms with Gasteiger partial charge in [0.15, 0.2) is 0 Å². The van der Waals surface area contributed by atoms with Crippen LogP contribution in [0, 0.1) is 18.3 Å². The van der Waals surface area contributed by atoms with E-state index in [4.69, 9.17) is 11.6 Å². The van der Waals surface area contributed by atoms with E-state index >= 15 is 0 Å². The fraction of sp³-hybridized carbons (Fsp3) is 0.188. The quantitative estimate of drug-likeness (QED) is 0.911. The first-order chi connectivity index (χ1) is 9.20. The van der Waals surface area contributed by atoms with Crippen molar-refractivity contribution in [1.82, 2.24) is 5.32 Å². The van der Waals surface area contributed by atoms with Crippen molar-refractivity contribution in [2.45, 2.75) is 19.5 Å². The first-order valence-corrected chi connectivity index (χ1v) is 6.51. The monoisotopic (exact) mass is 270 g/mol. The van der Waals surface area contributed by atoms with Crippen LogP contribution in [0.25, 0.3) is 0 Å². The van der Waals surface area contributed by atoms with Gasteiger partial charge < -0.3 is 0 Å². The molecule has 2 nitrogen and oxygen atoms in total. The highest BCUT2D eigenvalue weighted by atomic mass is 35.5. The van der Waals surface area contributed by atoms with Gasteiger partial charge in [-0.3, -0.25) is 5.32 Å². The molecule has 0 saturated heterocycles. The second-order valence-electron chi connectivity index (χ2n) is 4.45. The number of hydrogen-bond donors (Lipinski definition) is 1. The van der Waals surface area contributed by atoms with Gasteiger partial charge in [-0.25, -0.2) is 0 Å². The molecule has 0 radical (unpaired) electrons. The Hall–Kier alpha value is -1.82. The molecule has 3 heteroatoms. The molecule has 1 N–H and O–H groups in total. The van der Waals surface area contributed by atoms with E-state index in [0.29, 0.717) is 6.54 Å². The van der Waals surface area contributed by atoms with Crippen molar-refractivity contribution in [3.8, 4) is 6.07 Å². The fourth-order valence-corrected chi connectivity index (χ4v) is 2.14. The summed E-state index contributed by atoms with van der Waals surface area (Å²) < 4.78 is 0. The number of benzene rings is 2. The van der Waals surface area contributed by atoms with E-state index in [2.05, 4.69) is 11.4 Å². The Bertz CT molecular complexity index is 602. The highest BCUT2D eigenvalue weighted by Gasteiger charge is 2.10. The standard InChI is InChI=1S/C16H15ClN2/c1-12-5-4-7-13(9-12)16(10-18)19-11-14-6-2-3-8-15(14)17/h2-9,16,19H,11H2,1H3. The summed E-state index contributed by atoms with van der Waals surface area (Å²) in [7, 11) is 0. The largest absolute Gasteiger partial charge is 0.294 e. The third-order valence-corrected chi connectivity index (χ3v) is 3.33. The molecule has 1 unspecified atom stereocenters. The summed E-state index contributed by atoms with van der Waals surface area (Å²) in [5.41, 5.74) is 3.13. The van der Waals surface area contributed by atoms with Crippen LogP contribution in [0.4, 0.5) is 0 Å². The number of hydrogen-bond acceptors (Lipinski definition) is 2. The normalized spacial score (nSPS) is 11.8. The van der Waals surface area contributed by atoms with Gasteiger partial charge in [0.1, 0.15) is 6.04 Å². The minimum atomic E-state index is -0.323. The average molecular weight is 271 g/mol. The van der Waals surface area contributed by atoms with E-state index in [1.54, 1.807) is 0 Å². The Morgan fingerprint density at radius 2 is 2.00 bits per heavy atom. The third-order valence-electron chi connectivity index (χ3n) is 2.96. The zero-order chi connectivity index (χ0) is 13.7. The SMILES string of the molecule is Cc1cccc(C(C#N)NCc2ccccc2Cl)c1. The van der Waals surface area contributed by atoms with Crippen LogP contribution in [-0.2, 0) is 6.54 Å². The Morgan fingerprint density at radius 1 is 1.21 bits per heavy atom. The second-order valence-corrected chi connectivity index (χ2v) is 4.86. The van der Waals surface area contributed by atoms with E-state index in [0.717, 1.165) is 21.7 Å². The van der Waals surface area contributed by atoms with Crippen molar-refractivity contribution >= 4 is 11.6 Å². The molecular formula is C16H15ClN2. The maximum absolute atomic E-state index is 9.27. The van der Waals surface area contributed by atoms with Gasteiger partial charge in [-0.15, -0.1) is 0 Å². The van der Waals surface area contributed by atoms with Crippen molar-refractivity contribution in [3.63, 3.8) is 0 Å². The Kier molecular flexibility index (Phi) is 4.57. The molecule has 0 heterocycles. The molecule has 0 aliphatic heterocycles. The molecule has 96 valence electrons. The molecule has 2 rings (SSSR count). The molecular weight excluding hydrogens is 256 g/mol. The summed E-state index contributed by atoms with van der Waals surface area (Å²) >= 11 is 6.10. The van der Waals surface area contributed by atoms with Gasteiger partial charge >= 0.3 is 0 Å². The molecule has 0 aromatic heterocycles. The summed E-state index contributed by atoms with van der Waals surface area (Å²) in [5, 5.41) is 13.2. The van der Waals surface area contributed by atoms with Gasteiger partial charge in [-0.05, 0) is 24.1 Å². The zero-order valence-electron chi connectivity index (χ0n) is 10.7. The topological polar surface area (TPSA) is 35.8 Å². The highest BCUT2D eigenvalue weighted by Crippen LogP contribution is 2.18. The Balaban J connectivity index is 2.09. The molecule has 0 aliphatic rings.